The number of benzene rings is 3. The fraction of sp³-hybridized carbons (Fsp3) is 0.310. The van der Waals surface area contributed by atoms with Crippen LogP contribution in [0, 0.1) is 5.92 Å². The van der Waals surface area contributed by atoms with Crippen molar-refractivity contribution in [1.29, 1.82) is 0 Å². The monoisotopic (exact) mass is 591 g/mol. The van der Waals surface area contributed by atoms with Gasteiger partial charge in [0.25, 0.3) is 11.5 Å². The van der Waals surface area contributed by atoms with Crippen molar-refractivity contribution in [2.45, 2.75) is 24.2 Å². The molecular formula is C29H29N5O7S. The van der Waals surface area contributed by atoms with Crippen molar-refractivity contribution in [2.24, 2.45) is 5.92 Å². The number of methoxy groups -OCH3 is 1. The van der Waals surface area contributed by atoms with E-state index in [0.717, 1.165) is 16.5 Å². The van der Waals surface area contributed by atoms with Gasteiger partial charge in [-0.1, -0.05) is 12.1 Å². The summed E-state index contributed by atoms with van der Waals surface area (Å²) < 4.78 is 33.4. The van der Waals surface area contributed by atoms with Crippen molar-refractivity contribution < 1.29 is 22.7 Å². The standard InChI is InChI=1S/C29H29N5O7S/c1-41-14-4-13-34-24-11-10-22(19-6-2-7-21(25(19)24)28(34)37)30-26(35)17-5-3-12-33(16-17)42(39,40)18-8-9-20-23(15-18)31-29(38)32-27(20)36/h2,6-11,15,17H,3-5,12-14,16H2,1H3,(H,30,35)(H2,31,32,36,38). The summed E-state index contributed by atoms with van der Waals surface area (Å²) in [5.41, 5.74) is 0.675. The van der Waals surface area contributed by atoms with Gasteiger partial charge in [0.15, 0.2) is 0 Å². The molecule has 1 atom stereocenters. The molecule has 2 aliphatic rings. The summed E-state index contributed by atoms with van der Waals surface area (Å²) in [5.74, 6) is -1.01. The summed E-state index contributed by atoms with van der Waals surface area (Å²) in [7, 11) is -2.39. The zero-order chi connectivity index (χ0) is 29.6. The van der Waals surface area contributed by atoms with Crippen LogP contribution in [0.15, 0.2) is 63.0 Å². The van der Waals surface area contributed by atoms with Crippen molar-refractivity contribution in [3.63, 3.8) is 0 Å². The molecule has 1 saturated heterocycles. The van der Waals surface area contributed by atoms with E-state index in [4.69, 9.17) is 4.74 Å². The molecule has 0 bridgehead atoms. The van der Waals surface area contributed by atoms with Gasteiger partial charge in [-0.25, -0.2) is 13.2 Å². The number of aromatic amines is 2. The lowest BCUT2D eigenvalue weighted by atomic mass is 9.98. The van der Waals surface area contributed by atoms with Crippen molar-refractivity contribution in [3.05, 3.63) is 74.9 Å². The number of carbonyl (C=O) groups excluding carboxylic acids is 2. The van der Waals surface area contributed by atoms with E-state index in [0.29, 0.717) is 43.7 Å². The van der Waals surface area contributed by atoms with E-state index in [2.05, 4.69) is 15.3 Å². The first kappa shape index (κ1) is 27.8. The quantitative estimate of drug-likeness (QED) is 0.265. The number of aromatic nitrogens is 2. The van der Waals surface area contributed by atoms with Gasteiger partial charge >= 0.3 is 5.69 Å². The van der Waals surface area contributed by atoms with Crippen LogP contribution >= 0.6 is 0 Å². The number of hydrogen-bond acceptors (Lipinski definition) is 7. The fourth-order valence-electron chi connectivity index (χ4n) is 5.81. The molecule has 1 unspecified atom stereocenters. The summed E-state index contributed by atoms with van der Waals surface area (Å²) in [6.07, 6.45) is 1.67. The third-order valence-corrected chi connectivity index (χ3v) is 9.74. The molecule has 12 nitrogen and oxygen atoms in total. The van der Waals surface area contributed by atoms with E-state index < -0.39 is 27.2 Å². The number of hydrogen-bond donors (Lipinski definition) is 3. The van der Waals surface area contributed by atoms with Crippen LogP contribution in [0.4, 0.5) is 11.4 Å². The second-order valence-electron chi connectivity index (χ2n) is 10.5. The largest absolute Gasteiger partial charge is 0.385 e. The van der Waals surface area contributed by atoms with Crippen LogP contribution in [-0.2, 0) is 19.6 Å². The second-order valence-corrected chi connectivity index (χ2v) is 12.4. The molecule has 2 aliphatic heterocycles. The number of nitrogens with one attached hydrogen (secondary N) is 3. The SMILES string of the molecule is COCCCN1C(=O)c2cccc3c(NC(=O)C4CCCN(S(=O)(=O)c5ccc6c(=O)[nH]c(=O)[nH]c6c5)C4)ccc1c23. The molecule has 3 N–H and O–H groups in total. The van der Waals surface area contributed by atoms with E-state index in [1.807, 2.05) is 12.1 Å². The number of H-pyrrole nitrogens is 2. The minimum absolute atomic E-state index is 0.0227. The van der Waals surface area contributed by atoms with Crippen molar-refractivity contribution in [3.8, 4) is 0 Å². The van der Waals surface area contributed by atoms with E-state index in [1.54, 1.807) is 30.2 Å². The molecule has 0 aliphatic carbocycles. The van der Waals surface area contributed by atoms with Gasteiger partial charge in [0.05, 0.1) is 27.4 Å². The molecule has 4 aromatic rings. The van der Waals surface area contributed by atoms with E-state index in [9.17, 15) is 27.6 Å². The zero-order valence-electron chi connectivity index (χ0n) is 22.8. The van der Waals surface area contributed by atoms with Crippen LogP contribution < -0.4 is 21.5 Å². The van der Waals surface area contributed by atoms with Crippen LogP contribution in [0.25, 0.3) is 21.7 Å². The Labute approximate surface area is 240 Å². The third-order valence-electron chi connectivity index (χ3n) is 7.88. The van der Waals surface area contributed by atoms with Crippen LogP contribution in [0.1, 0.15) is 29.6 Å². The molecule has 1 fully saturated rings. The number of sulfonamides is 1. The van der Waals surface area contributed by atoms with Crippen LogP contribution in [0.2, 0.25) is 0 Å². The highest BCUT2D eigenvalue weighted by molar-refractivity contribution is 7.89. The number of fused-ring (bicyclic) bond motifs is 1. The predicted molar refractivity (Wildman–Crippen MR) is 157 cm³/mol. The van der Waals surface area contributed by atoms with Crippen molar-refractivity contribution in [2.75, 3.05) is 43.6 Å². The maximum atomic E-state index is 13.5. The Morgan fingerprint density at radius 3 is 2.71 bits per heavy atom. The smallest absolute Gasteiger partial charge is 0.326 e. The number of carbonyl (C=O) groups is 2. The first-order valence-electron chi connectivity index (χ1n) is 13.6. The Hall–Kier alpha value is -4.33. The molecule has 6 rings (SSSR count). The Morgan fingerprint density at radius 2 is 1.90 bits per heavy atom. The maximum Gasteiger partial charge on any atom is 0.326 e. The van der Waals surface area contributed by atoms with Crippen LogP contribution in [-0.4, -0.2) is 67.9 Å². The van der Waals surface area contributed by atoms with E-state index >= 15 is 0 Å². The van der Waals surface area contributed by atoms with Gasteiger partial charge in [0, 0.05) is 55.4 Å². The average molecular weight is 592 g/mol. The lowest BCUT2D eigenvalue weighted by Crippen LogP contribution is -2.43. The number of piperidine rings is 1. The van der Waals surface area contributed by atoms with Crippen LogP contribution in [0.3, 0.4) is 0 Å². The summed E-state index contributed by atoms with van der Waals surface area (Å²) >= 11 is 0. The molecule has 1 aromatic heterocycles. The van der Waals surface area contributed by atoms with Gasteiger partial charge in [-0.3, -0.25) is 19.4 Å². The maximum absolute atomic E-state index is 13.5. The highest BCUT2D eigenvalue weighted by Gasteiger charge is 2.35. The number of ether oxygens (including phenoxy) is 1. The number of amides is 2. The lowest BCUT2D eigenvalue weighted by molar-refractivity contribution is -0.120. The first-order chi connectivity index (χ1) is 20.2. The van der Waals surface area contributed by atoms with Gasteiger partial charge < -0.3 is 19.9 Å². The van der Waals surface area contributed by atoms with Gasteiger partial charge in [0.1, 0.15) is 0 Å². The third kappa shape index (κ3) is 4.78. The van der Waals surface area contributed by atoms with Gasteiger partial charge in [-0.2, -0.15) is 4.31 Å². The van der Waals surface area contributed by atoms with Crippen molar-refractivity contribution in [1.82, 2.24) is 14.3 Å². The molecule has 0 spiro atoms. The predicted octanol–water partition coefficient (Wildman–Crippen LogP) is 2.41. The highest BCUT2D eigenvalue weighted by Crippen LogP contribution is 2.41. The second kappa shape index (κ2) is 10.8. The topological polar surface area (TPSA) is 162 Å². The fourth-order valence-corrected chi connectivity index (χ4v) is 7.36. The molecular weight excluding hydrogens is 562 g/mol. The molecule has 3 aromatic carbocycles. The highest BCUT2D eigenvalue weighted by atomic mass is 32.2. The number of anilines is 2. The first-order valence-corrected chi connectivity index (χ1v) is 15.1. The Kier molecular flexibility index (Phi) is 7.17. The lowest BCUT2D eigenvalue weighted by Gasteiger charge is -2.31. The normalized spacial score (nSPS) is 17.3. The summed E-state index contributed by atoms with van der Waals surface area (Å²) in [5, 5.41) is 4.65. The molecule has 0 radical (unpaired) electrons. The Bertz CT molecular complexity index is 1970. The van der Waals surface area contributed by atoms with Gasteiger partial charge in [0.2, 0.25) is 15.9 Å². The summed E-state index contributed by atoms with van der Waals surface area (Å²) in [6.45, 7) is 1.26. The molecule has 0 saturated carbocycles. The Balaban J connectivity index is 1.23. The van der Waals surface area contributed by atoms with E-state index in [1.165, 1.54) is 22.5 Å². The molecule has 13 heteroatoms. The number of rotatable bonds is 8. The van der Waals surface area contributed by atoms with Gasteiger partial charge in [-0.15, -0.1) is 0 Å². The molecule has 2 amide bonds. The summed E-state index contributed by atoms with van der Waals surface area (Å²) in [4.78, 5) is 56.5. The van der Waals surface area contributed by atoms with Gasteiger partial charge in [-0.05, 0) is 55.7 Å². The zero-order valence-corrected chi connectivity index (χ0v) is 23.6. The molecule has 218 valence electrons. The van der Waals surface area contributed by atoms with Crippen LogP contribution in [0.5, 0.6) is 0 Å². The molecule has 42 heavy (non-hydrogen) atoms. The number of nitrogens with zero attached hydrogens (tertiary/aromatic N) is 2. The summed E-state index contributed by atoms with van der Waals surface area (Å²) in [6, 6.07) is 13.0. The Morgan fingerprint density at radius 1 is 1.07 bits per heavy atom. The minimum Gasteiger partial charge on any atom is -0.385 e. The minimum atomic E-state index is -4.01. The average Bonchev–Trinajstić information content (AvgIpc) is 3.25. The van der Waals surface area contributed by atoms with Crippen molar-refractivity contribution >= 4 is 54.9 Å². The van der Waals surface area contributed by atoms with E-state index in [-0.39, 0.29) is 40.7 Å². The molecule has 3 heterocycles.